The van der Waals surface area contributed by atoms with Gasteiger partial charge in [0.25, 0.3) is 11.5 Å². The molecule has 0 aliphatic carbocycles. The van der Waals surface area contributed by atoms with Gasteiger partial charge in [0.1, 0.15) is 17.3 Å². The fourth-order valence-corrected chi connectivity index (χ4v) is 5.00. The Kier molecular flexibility index (Phi) is 8.36. The number of carbonyl (C=O) groups excluding carboxylic acids is 1. The predicted molar refractivity (Wildman–Crippen MR) is 161 cm³/mol. The number of hydrogen-bond acceptors (Lipinski definition) is 5. The Bertz CT molecular complexity index is 1710. The quantitative estimate of drug-likeness (QED) is 0.203. The Hall–Kier alpha value is -4.62. The molecule has 4 aromatic carbocycles. The van der Waals surface area contributed by atoms with Gasteiger partial charge in [0.05, 0.1) is 36.9 Å². The van der Waals surface area contributed by atoms with E-state index in [4.69, 9.17) is 26.1 Å². The smallest absolute Gasteiger partial charge is 0.266 e. The largest absolute Gasteiger partial charge is 0.497 e. The van der Waals surface area contributed by atoms with E-state index in [9.17, 15) is 9.59 Å². The molecule has 7 nitrogen and oxygen atoms in total. The van der Waals surface area contributed by atoms with Gasteiger partial charge in [-0.2, -0.15) is 0 Å². The van der Waals surface area contributed by atoms with Crippen LogP contribution in [0.25, 0.3) is 16.6 Å². The minimum absolute atomic E-state index is 0.224. The first kappa shape index (κ1) is 27.9. The second-order valence-corrected chi connectivity index (χ2v) is 10.1. The number of carbonyl (C=O) groups is 1. The van der Waals surface area contributed by atoms with Crippen molar-refractivity contribution in [2.24, 2.45) is 0 Å². The third kappa shape index (κ3) is 5.95. The molecule has 0 aliphatic rings. The van der Waals surface area contributed by atoms with E-state index in [1.807, 2.05) is 55.5 Å². The summed E-state index contributed by atoms with van der Waals surface area (Å²) in [5.41, 5.74) is 2.43. The van der Waals surface area contributed by atoms with Gasteiger partial charge in [0.15, 0.2) is 0 Å². The molecular formula is C33H30ClN3O4. The molecule has 0 saturated carbocycles. The lowest BCUT2D eigenvalue weighted by molar-refractivity contribution is 0.0683. The Balaban J connectivity index is 1.66. The lowest BCUT2D eigenvalue weighted by Crippen LogP contribution is -2.38. The van der Waals surface area contributed by atoms with Gasteiger partial charge >= 0.3 is 0 Å². The molecule has 0 spiro atoms. The summed E-state index contributed by atoms with van der Waals surface area (Å²) in [5, 5.41) is 1.04. The van der Waals surface area contributed by atoms with Crippen molar-refractivity contribution >= 4 is 28.4 Å². The third-order valence-corrected chi connectivity index (χ3v) is 7.32. The first-order valence-electron chi connectivity index (χ1n) is 13.2. The number of halogens is 1. The first-order valence-corrected chi connectivity index (χ1v) is 13.6. The molecule has 0 aliphatic heterocycles. The minimum Gasteiger partial charge on any atom is -0.497 e. The summed E-state index contributed by atoms with van der Waals surface area (Å²) in [6.07, 6.45) is 0.608. The summed E-state index contributed by atoms with van der Waals surface area (Å²) in [4.78, 5) is 34.8. The number of aromatic nitrogens is 2. The van der Waals surface area contributed by atoms with Crippen molar-refractivity contribution in [1.82, 2.24) is 14.5 Å². The Morgan fingerprint density at radius 1 is 0.902 bits per heavy atom. The Labute approximate surface area is 243 Å². The topological polar surface area (TPSA) is 73.7 Å². The maximum absolute atomic E-state index is 14.2. The SMILES string of the molecule is COc1cc(OC)cc(C(=O)N(CCc2ccccc2)C(C)c2nc3ccccc3c(=O)n2-c2ccc(Cl)cc2)c1. The number of ether oxygens (including phenoxy) is 2. The van der Waals surface area contributed by atoms with Crippen LogP contribution in [0.5, 0.6) is 11.5 Å². The fraction of sp³-hybridized carbons (Fsp3) is 0.182. The van der Waals surface area contributed by atoms with Crippen molar-refractivity contribution in [3.8, 4) is 17.2 Å². The zero-order chi connectivity index (χ0) is 28.9. The van der Waals surface area contributed by atoms with Crippen LogP contribution in [0.2, 0.25) is 5.02 Å². The highest BCUT2D eigenvalue weighted by Gasteiger charge is 2.28. The zero-order valence-corrected chi connectivity index (χ0v) is 23.8. The normalized spacial score (nSPS) is 11.7. The van der Waals surface area contributed by atoms with E-state index >= 15 is 0 Å². The summed E-state index contributed by atoms with van der Waals surface area (Å²) in [6.45, 7) is 2.27. The van der Waals surface area contributed by atoms with Gasteiger partial charge in [0, 0.05) is 23.2 Å². The molecule has 0 radical (unpaired) electrons. The van der Waals surface area contributed by atoms with Crippen molar-refractivity contribution < 1.29 is 14.3 Å². The Morgan fingerprint density at radius 3 is 2.20 bits per heavy atom. The van der Waals surface area contributed by atoms with Crippen LogP contribution >= 0.6 is 11.6 Å². The lowest BCUT2D eigenvalue weighted by atomic mass is 10.1. The molecule has 0 saturated heterocycles. The number of fused-ring (bicyclic) bond motifs is 1. The van der Waals surface area contributed by atoms with E-state index in [1.54, 1.807) is 72.2 Å². The van der Waals surface area contributed by atoms with Crippen LogP contribution in [0, 0.1) is 0 Å². The van der Waals surface area contributed by atoms with E-state index in [1.165, 1.54) is 0 Å². The number of benzene rings is 4. The van der Waals surface area contributed by atoms with E-state index in [0.29, 0.717) is 57.5 Å². The minimum atomic E-state index is -0.587. The number of rotatable bonds is 9. The van der Waals surface area contributed by atoms with Crippen molar-refractivity contribution in [2.75, 3.05) is 20.8 Å². The van der Waals surface area contributed by atoms with Crippen LogP contribution in [0.1, 0.15) is 34.7 Å². The standard InChI is InChI=1S/C33H30ClN3O4/c1-22(31-35-30-12-8-7-11-29(30)33(39)37(31)26-15-13-25(34)14-16-26)36(18-17-23-9-5-4-6-10-23)32(38)24-19-27(40-2)21-28(20-24)41-3/h4-16,19-22H,17-18H2,1-3H3. The Morgan fingerprint density at radius 2 is 1.54 bits per heavy atom. The lowest BCUT2D eigenvalue weighted by Gasteiger charge is -2.31. The van der Waals surface area contributed by atoms with Crippen LogP contribution in [0.3, 0.4) is 0 Å². The average molecular weight is 568 g/mol. The number of methoxy groups -OCH3 is 2. The zero-order valence-electron chi connectivity index (χ0n) is 23.1. The van der Waals surface area contributed by atoms with E-state index < -0.39 is 6.04 Å². The molecule has 1 aromatic heterocycles. The molecule has 5 rings (SSSR count). The summed E-state index contributed by atoms with van der Waals surface area (Å²) >= 11 is 6.17. The molecule has 0 fully saturated rings. The van der Waals surface area contributed by atoms with Gasteiger partial charge in [-0.3, -0.25) is 14.2 Å². The second-order valence-electron chi connectivity index (χ2n) is 9.62. The second kappa shape index (κ2) is 12.3. The van der Waals surface area contributed by atoms with Crippen molar-refractivity contribution in [3.63, 3.8) is 0 Å². The van der Waals surface area contributed by atoms with Gasteiger partial charge in [-0.15, -0.1) is 0 Å². The van der Waals surface area contributed by atoms with Crippen LogP contribution < -0.4 is 15.0 Å². The maximum atomic E-state index is 14.2. The molecular weight excluding hydrogens is 538 g/mol. The molecule has 1 unspecified atom stereocenters. The molecule has 0 bridgehead atoms. The van der Waals surface area contributed by atoms with E-state index in [0.717, 1.165) is 5.56 Å². The third-order valence-electron chi connectivity index (χ3n) is 7.07. The van der Waals surface area contributed by atoms with Crippen molar-refractivity contribution in [2.45, 2.75) is 19.4 Å². The van der Waals surface area contributed by atoms with Crippen LogP contribution in [-0.4, -0.2) is 41.1 Å². The number of hydrogen-bond donors (Lipinski definition) is 0. The highest BCUT2D eigenvalue weighted by molar-refractivity contribution is 6.30. The number of amides is 1. The fourth-order valence-electron chi connectivity index (χ4n) is 4.87. The molecule has 41 heavy (non-hydrogen) atoms. The number of nitrogens with zero attached hydrogens (tertiary/aromatic N) is 3. The summed E-state index contributed by atoms with van der Waals surface area (Å²) in [6, 6.07) is 28.7. The molecule has 1 heterocycles. The van der Waals surface area contributed by atoms with E-state index in [-0.39, 0.29) is 11.5 Å². The van der Waals surface area contributed by atoms with Crippen molar-refractivity contribution in [3.05, 3.63) is 129 Å². The predicted octanol–water partition coefficient (Wildman–Crippen LogP) is 6.50. The van der Waals surface area contributed by atoms with Crippen LogP contribution in [0.4, 0.5) is 0 Å². The molecule has 5 aromatic rings. The summed E-state index contributed by atoms with van der Waals surface area (Å²) in [7, 11) is 3.09. The van der Waals surface area contributed by atoms with Gasteiger partial charge in [-0.25, -0.2) is 4.98 Å². The van der Waals surface area contributed by atoms with Gasteiger partial charge in [-0.05, 0) is 67.4 Å². The highest BCUT2D eigenvalue weighted by Crippen LogP contribution is 2.28. The monoisotopic (exact) mass is 567 g/mol. The van der Waals surface area contributed by atoms with Gasteiger partial charge in [-0.1, -0.05) is 54.1 Å². The van der Waals surface area contributed by atoms with E-state index in [2.05, 4.69) is 0 Å². The molecule has 0 N–H and O–H groups in total. The molecule has 8 heteroatoms. The van der Waals surface area contributed by atoms with Crippen molar-refractivity contribution in [1.29, 1.82) is 0 Å². The van der Waals surface area contributed by atoms with Gasteiger partial charge < -0.3 is 14.4 Å². The molecule has 1 amide bonds. The van der Waals surface area contributed by atoms with Crippen LogP contribution in [-0.2, 0) is 6.42 Å². The number of para-hydroxylation sites is 1. The highest BCUT2D eigenvalue weighted by atomic mass is 35.5. The summed E-state index contributed by atoms with van der Waals surface area (Å²) < 4.78 is 12.4. The molecule has 208 valence electrons. The first-order chi connectivity index (χ1) is 19.9. The van der Waals surface area contributed by atoms with Gasteiger partial charge in [0.2, 0.25) is 0 Å². The average Bonchev–Trinajstić information content (AvgIpc) is 3.01. The van der Waals surface area contributed by atoms with Crippen LogP contribution in [0.15, 0.2) is 102 Å². The maximum Gasteiger partial charge on any atom is 0.266 e. The summed E-state index contributed by atoms with van der Waals surface area (Å²) in [5.74, 6) is 1.21. The molecule has 1 atom stereocenters.